The van der Waals surface area contributed by atoms with Gasteiger partial charge in [-0.25, -0.2) is 4.79 Å². The Hall–Kier alpha value is -2.82. The first-order valence-electron chi connectivity index (χ1n) is 5.96. The zero-order valence-corrected chi connectivity index (χ0v) is 10.5. The number of carboxylic acid groups (broad SMARTS) is 2. The first-order valence-corrected chi connectivity index (χ1v) is 5.96. The van der Waals surface area contributed by atoms with Crippen molar-refractivity contribution in [3.05, 3.63) is 59.7 Å². The summed E-state index contributed by atoms with van der Waals surface area (Å²) in [5, 5.41) is 20.8. The zero-order valence-electron chi connectivity index (χ0n) is 10.5. The number of rotatable bonds is 5. The van der Waals surface area contributed by atoms with Gasteiger partial charge >= 0.3 is 11.9 Å². The fraction of sp³-hybridized carbons (Fsp3) is 0.0667. The molecule has 0 aromatic heterocycles. The molecule has 0 bridgehead atoms. The Bertz CT molecular complexity index is 635. The van der Waals surface area contributed by atoms with E-state index < -0.39 is 11.9 Å². The van der Waals surface area contributed by atoms with Gasteiger partial charge < -0.3 is 15.5 Å². The van der Waals surface area contributed by atoms with Crippen molar-refractivity contribution < 1.29 is 19.8 Å². The summed E-state index contributed by atoms with van der Waals surface area (Å²) in [6.07, 6.45) is -0.0357. The standard InChI is InChI=1S/C15H13NO4/c17-14(18)9-10-5-7-11(8-6-10)16-13-4-2-1-3-12(13)15(19)20/h1-8,16H,9H2,(H,17,18)(H,19,20). The maximum atomic E-state index is 11.1. The summed E-state index contributed by atoms with van der Waals surface area (Å²) in [6, 6.07) is 13.4. The lowest BCUT2D eigenvalue weighted by atomic mass is 10.1. The molecule has 2 aromatic rings. The lowest BCUT2D eigenvalue weighted by Crippen LogP contribution is -2.03. The Morgan fingerprint density at radius 1 is 0.950 bits per heavy atom. The van der Waals surface area contributed by atoms with Crippen LogP contribution in [0.3, 0.4) is 0 Å². The molecule has 102 valence electrons. The molecule has 20 heavy (non-hydrogen) atoms. The predicted octanol–water partition coefficient (Wildman–Crippen LogP) is 2.76. The van der Waals surface area contributed by atoms with Crippen molar-refractivity contribution in [3.63, 3.8) is 0 Å². The molecule has 0 saturated heterocycles. The van der Waals surface area contributed by atoms with Crippen LogP contribution < -0.4 is 5.32 Å². The smallest absolute Gasteiger partial charge is 0.337 e. The summed E-state index contributed by atoms with van der Waals surface area (Å²) >= 11 is 0. The Morgan fingerprint density at radius 3 is 2.20 bits per heavy atom. The lowest BCUT2D eigenvalue weighted by Gasteiger charge is -2.09. The van der Waals surface area contributed by atoms with E-state index in [-0.39, 0.29) is 12.0 Å². The Kier molecular flexibility index (Phi) is 4.00. The SMILES string of the molecule is O=C(O)Cc1ccc(Nc2ccccc2C(=O)O)cc1. The number of para-hydroxylation sites is 1. The molecule has 0 atom stereocenters. The minimum Gasteiger partial charge on any atom is -0.481 e. The predicted molar refractivity (Wildman–Crippen MR) is 74.5 cm³/mol. The Labute approximate surface area is 115 Å². The van der Waals surface area contributed by atoms with Crippen LogP contribution in [0.1, 0.15) is 15.9 Å². The highest BCUT2D eigenvalue weighted by molar-refractivity contribution is 5.95. The number of aliphatic carboxylic acids is 1. The molecule has 3 N–H and O–H groups in total. The third-order valence-corrected chi connectivity index (χ3v) is 2.75. The van der Waals surface area contributed by atoms with Gasteiger partial charge in [-0.05, 0) is 29.8 Å². The molecule has 0 fully saturated rings. The number of anilines is 2. The van der Waals surface area contributed by atoms with Crippen molar-refractivity contribution in [2.45, 2.75) is 6.42 Å². The van der Waals surface area contributed by atoms with Crippen LogP contribution in [0.15, 0.2) is 48.5 Å². The minimum atomic E-state index is -1.00. The topological polar surface area (TPSA) is 86.6 Å². The average molecular weight is 271 g/mol. The Balaban J connectivity index is 2.18. The van der Waals surface area contributed by atoms with E-state index in [0.717, 1.165) is 0 Å². The molecular formula is C15H13NO4. The first kappa shape index (κ1) is 13.6. The van der Waals surface area contributed by atoms with Gasteiger partial charge in [0.15, 0.2) is 0 Å². The number of nitrogens with one attached hydrogen (secondary N) is 1. The molecule has 2 aromatic carbocycles. The third kappa shape index (κ3) is 3.35. The number of carboxylic acids is 2. The van der Waals surface area contributed by atoms with Crippen molar-refractivity contribution in [3.8, 4) is 0 Å². The number of aromatic carboxylic acids is 1. The molecule has 5 heteroatoms. The molecule has 0 radical (unpaired) electrons. The molecule has 5 nitrogen and oxygen atoms in total. The van der Waals surface area contributed by atoms with E-state index in [4.69, 9.17) is 10.2 Å². The maximum Gasteiger partial charge on any atom is 0.337 e. The van der Waals surface area contributed by atoms with Crippen molar-refractivity contribution in [1.82, 2.24) is 0 Å². The zero-order chi connectivity index (χ0) is 14.5. The summed E-state index contributed by atoms with van der Waals surface area (Å²) in [5.41, 5.74) is 2.07. The van der Waals surface area contributed by atoms with Gasteiger partial charge in [0.2, 0.25) is 0 Å². The highest BCUT2D eigenvalue weighted by Crippen LogP contribution is 2.21. The fourth-order valence-electron chi connectivity index (χ4n) is 1.81. The molecule has 0 aliphatic heterocycles. The average Bonchev–Trinajstić information content (AvgIpc) is 2.41. The van der Waals surface area contributed by atoms with Gasteiger partial charge in [0.1, 0.15) is 0 Å². The van der Waals surface area contributed by atoms with Gasteiger partial charge in [0.25, 0.3) is 0 Å². The molecule has 0 spiro atoms. The molecule has 0 unspecified atom stereocenters. The largest absolute Gasteiger partial charge is 0.481 e. The van der Waals surface area contributed by atoms with Crippen LogP contribution in [0, 0.1) is 0 Å². The van der Waals surface area contributed by atoms with Crippen LogP contribution in [-0.4, -0.2) is 22.2 Å². The second-order valence-electron chi connectivity index (χ2n) is 4.24. The second-order valence-corrected chi connectivity index (χ2v) is 4.24. The van der Waals surface area contributed by atoms with Gasteiger partial charge in [0.05, 0.1) is 17.7 Å². The van der Waals surface area contributed by atoms with E-state index >= 15 is 0 Å². The quantitative estimate of drug-likeness (QED) is 0.778. The van der Waals surface area contributed by atoms with E-state index in [9.17, 15) is 9.59 Å². The summed E-state index contributed by atoms with van der Waals surface area (Å²) < 4.78 is 0. The van der Waals surface area contributed by atoms with Gasteiger partial charge in [-0.3, -0.25) is 4.79 Å². The van der Waals surface area contributed by atoms with E-state index in [1.54, 1.807) is 42.5 Å². The number of carbonyl (C=O) groups is 2. The minimum absolute atomic E-state index is 0.0357. The highest BCUT2D eigenvalue weighted by atomic mass is 16.4. The number of hydrogen-bond donors (Lipinski definition) is 3. The summed E-state index contributed by atoms with van der Waals surface area (Å²) in [7, 11) is 0. The van der Waals surface area contributed by atoms with E-state index in [2.05, 4.69) is 5.32 Å². The molecule has 0 saturated carbocycles. The molecular weight excluding hydrogens is 258 g/mol. The summed E-state index contributed by atoms with van der Waals surface area (Å²) in [5.74, 6) is -1.89. The van der Waals surface area contributed by atoms with Crippen LogP contribution in [0.2, 0.25) is 0 Å². The fourth-order valence-corrected chi connectivity index (χ4v) is 1.81. The first-order chi connectivity index (χ1) is 9.56. The molecule has 0 amide bonds. The van der Waals surface area contributed by atoms with E-state index in [0.29, 0.717) is 16.9 Å². The Morgan fingerprint density at radius 2 is 1.60 bits per heavy atom. The van der Waals surface area contributed by atoms with Crippen LogP contribution in [0.4, 0.5) is 11.4 Å². The van der Waals surface area contributed by atoms with Crippen molar-refractivity contribution >= 4 is 23.3 Å². The van der Waals surface area contributed by atoms with Crippen molar-refractivity contribution in [2.24, 2.45) is 0 Å². The molecule has 2 rings (SSSR count). The molecule has 0 aliphatic rings. The summed E-state index contributed by atoms with van der Waals surface area (Å²) in [4.78, 5) is 21.7. The van der Waals surface area contributed by atoms with Gasteiger partial charge in [0, 0.05) is 5.69 Å². The number of hydrogen-bond acceptors (Lipinski definition) is 3. The van der Waals surface area contributed by atoms with Gasteiger partial charge in [-0.15, -0.1) is 0 Å². The van der Waals surface area contributed by atoms with Crippen LogP contribution in [-0.2, 0) is 11.2 Å². The van der Waals surface area contributed by atoms with Crippen LogP contribution in [0.25, 0.3) is 0 Å². The van der Waals surface area contributed by atoms with Crippen molar-refractivity contribution in [2.75, 3.05) is 5.32 Å². The van der Waals surface area contributed by atoms with E-state index in [1.165, 1.54) is 6.07 Å². The monoisotopic (exact) mass is 271 g/mol. The second kappa shape index (κ2) is 5.88. The maximum absolute atomic E-state index is 11.1. The summed E-state index contributed by atoms with van der Waals surface area (Å²) in [6.45, 7) is 0. The van der Waals surface area contributed by atoms with Crippen LogP contribution in [0.5, 0.6) is 0 Å². The lowest BCUT2D eigenvalue weighted by molar-refractivity contribution is -0.136. The molecule has 0 heterocycles. The normalized spacial score (nSPS) is 10.0. The van der Waals surface area contributed by atoms with Crippen LogP contribution >= 0.6 is 0 Å². The van der Waals surface area contributed by atoms with E-state index in [1.807, 2.05) is 0 Å². The molecule has 0 aliphatic carbocycles. The van der Waals surface area contributed by atoms with Crippen molar-refractivity contribution in [1.29, 1.82) is 0 Å². The highest BCUT2D eigenvalue weighted by Gasteiger charge is 2.09. The van der Waals surface area contributed by atoms with Gasteiger partial charge in [-0.2, -0.15) is 0 Å². The number of benzene rings is 2. The third-order valence-electron chi connectivity index (χ3n) is 2.75. The van der Waals surface area contributed by atoms with Gasteiger partial charge in [-0.1, -0.05) is 24.3 Å².